The van der Waals surface area contributed by atoms with Gasteiger partial charge in [0.15, 0.2) is 10.8 Å². The van der Waals surface area contributed by atoms with Crippen LogP contribution in [0.4, 0.5) is 5.13 Å². The summed E-state index contributed by atoms with van der Waals surface area (Å²) in [6.45, 7) is 0.507. The van der Waals surface area contributed by atoms with Crippen LogP contribution in [0.25, 0.3) is 0 Å². The molecule has 2 aromatic rings. The Morgan fingerprint density at radius 1 is 1.69 bits per heavy atom. The third kappa shape index (κ3) is 2.16. The number of hydrogen-bond donors (Lipinski definition) is 2. The van der Waals surface area contributed by atoms with E-state index in [4.69, 9.17) is 5.11 Å². The summed E-state index contributed by atoms with van der Waals surface area (Å²) < 4.78 is 0. The Bertz CT molecular complexity index is 480. The van der Waals surface area contributed by atoms with Crippen molar-refractivity contribution in [1.82, 2.24) is 20.2 Å². The molecule has 0 aliphatic rings. The quantitative estimate of drug-likeness (QED) is 0.811. The number of anilines is 1. The first-order valence-electron chi connectivity index (χ1n) is 4.41. The number of carboxylic acids is 1. The third-order valence-electron chi connectivity index (χ3n) is 1.89. The number of nitrogens with zero attached hydrogens (tertiary/aromatic N) is 4. The van der Waals surface area contributed by atoms with Gasteiger partial charge in [0.2, 0.25) is 0 Å². The summed E-state index contributed by atoms with van der Waals surface area (Å²) >= 11 is 1.28. The van der Waals surface area contributed by atoms with Crippen LogP contribution in [0.2, 0.25) is 0 Å². The molecule has 2 heterocycles. The molecule has 0 aliphatic heterocycles. The minimum atomic E-state index is -1.02. The summed E-state index contributed by atoms with van der Waals surface area (Å²) in [4.78, 5) is 20.4. The maximum absolute atomic E-state index is 10.7. The average molecular weight is 239 g/mol. The van der Waals surface area contributed by atoms with E-state index in [9.17, 15) is 4.79 Å². The molecule has 2 N–H and O–H groups in total. The molecule has 16 heavy (non-hydrogen) atoms. The van der Waals surface area contributed by atoms with E-state index in [2.05, 4.69) is 20.2 Å². The van der Waals surface area contributed by atoms with Crippen molar-refractivity contribution in [3.63, 3.8) is 0 Å². The molecule has 8 heteroatoms. The third-order valence-corrected chi connectivity index (χ3v) is 2.84. The van der Waals surface area contributed by atoms with Gasteiger partial charge in [0, 0.05) is 12.4 Å². The lowest BCUT2D eigenvalue weighted by Gasteiger charge is -2.12. The summed E-state index contributed by atoms with van der Waals surface area (Å²) in [5.74, 6) is -0.315. The summed E-state index contributed by atoms with van der Waals surface area (Å²) in [6.07, 6.45) is 1.42. The van der Waals surface area contributed by atoms with Crippen molar-refractivity contribution in [2.45, 2.75) is 6.54 Å². The van der Waals surface area contributed by atoms with Crippen molar-refractivity contribution in [1.29, 1.82) is 0 Å². The Morgan fingerprint density at radius 2 is 2.50 bits per heavy atom. The SMILES string of the molecule is CN(Cc1ncn[nH]1)c1nc(C(=O)O)cs1. The second-order valence-corrected chi connectivity index (χ2v) is 3.95. The molecule has 0 saturated carbocycles. The summed E-state index contributed by atoms with van der Waals surface area (Å²) in [7, 11) is 1.81. The lowest BCUT2D eigenvalue weighted by atomic mass is 10.5. The monoisotopic (exact) mass is 239 g/mol. The number of aromatic carboxylic acids is 1. The zero-order valence-electron chi connectivity index (χ0n) is 8.41. The predicted octanol–water partition coefficient (Wildman–Crippen LogP) is 0.596. The van der Waals surface area contributed by atoms with Gasteiger partial charge in [0.1, 0.15) is 12.2 Å². The van der Waals surface area contributed by atoms with Gasteiger partial charge < -0.3 is 10.0 Å². The zero-order valence-corrected chi connectivity index (χ0v) is 9.23. The Balaban J connectivity index is 2.08. The van der Waals surface area contributed by atoms with E-state index in [0.717, 1.165) is 0 Å². The van der Waals surface area contributed by atoms with E-state index in [1.54, 1.807) is 4.90 Å². The number of hydrogen-bond acceptors (Lipinski definition) is 6. The fraction of sp³-hybridized carbons (Fsp3) is 0.250. The lowest BCUT2D eigenvalue weighted by Crippen LogP contribution is -2.17. The van der Waals surface area contributed by atoms with Crippen LogP contribution in [0.1, 0.15) is 16.3 Å². The van der Waals surface area contributed by atoms with Crippen LogP contribution in [0.3, 0.4) is 0 Å². The van der Waals surface area contributed by atoms with Crippen molar-refractivity contribution in [2.75, 3.05) is 11.9 Å². The van der Waals surface area contributed by atoms with Gasteiger partial charge in [-0.25, -0.2) is 14.8 Å². The molecule has 0 fully saturated rings. The van der Waals surface area contributed by atoms with Crippen molar-refractivity contribution >= 4 is 22.4 Å². The molecule has 0 aliphatic carbocycles. The second-order valence-electron chi connectivity index (χ2n) is 3.11. The van der Waals surface area contributed by atoms with Crippen molar-refractivity contribution < 1.29 is 9.90 Å². The molecule has 0 amide bonds. The molecular weight excluding hydrogens is 230 g/mol. The Morgan fingerprint density at radius 3 is 3.06 bits per heavy atom. The maximum atomic E-state index is 10.7. The van der Waals surface area contributed by atoms with Gasteiger partial charge in [-0.05, 0) is 0 Å². The minimum Gasteiger partial charge on any atom is -0.476 e. The topological polar surface area (TPSA) is 95.0 Å². The van der Waals surface area contributed by atoms with Crippen LogP contribution in [0.15, 0.2) is 11.7 Å². The van der Waals surface area contributed by atoms with Crippen molar-refractivity contribution in [3.05, 3.63) is 23.2 Å². The smallest absolute Gasteiger partial charge is 0.355 e. The van der Waals surface area contributed by atoms with Gasteiger partial charge in [0.25, 0.3) is 0 Å². The molecule has 0 radical (unpaired) electrons. The van der Waals surface area contributed by atoms with Gasteiger partial charge in [-0.15, -0.1) is 11.3 Å². The van der Waals surface area contributed by atoms with Crippen LogP contribution in [0, 0.1) is 0 Å². The van der Waals surface area contributed by atoms with E-state index in [-0.39, 0.29) is 5.69 Å². The molecule has 0 bridgehead atoms. The van der Waals surface area contributed by atoms with Gasteiger partial charge in [0.05, 0.1) is 6.54 Å². The van der Waals surface area contributed by atoms with Crippen LogP contribution in [0.5, 0.6) is 0 Å². The first kappa shape index (κ1) is 10.6. The second kappa shape index (κ2) is 4.27. The predicted molar refractivity (Wildman–Crippen MR) is 57.6 cm³/mol. The Kier molecular flexibility index (Phi) is 2.82. The highest BCUT2D eigenvalue weighted by molar-refractivity contribution is 7.13. The van der Waals surface area contributed by atoms with Crippen LogP contribution in [-0.4, -0.2) is 38.3 Å². The molecule has 7 nitrogen and oxygen atoms in total. The number of thiazole rings is 1. The molecule has 0 atom stereocenters. The highest BCUT2D eigenvalue weighted by Gasteiger charge is 2.12. The molecule has 0 unspecified atom stereocenters. The van der Waals surface area contributed by atoms with Crippen LogP contribution < -0.4 is 4.90 Å². The van der Waals surface area contributed by atoms with E-state index in [0.29, 0.717) is 17.5 Å². The van der Waals surface area contributed by atoms with Gasteiger partial charge in [-0.2, -0.15) is 5.10 Å². The zero-order chi connectivity index (χ0) is 11.5. The normalized spacial score (nSPS) is 10.3. The molecule has 2 rings (SSSR count). The molecule has 84 valence electrons. The largest absolute Gasteiger partial charge is 0.476 e. The van der Waals surface area contributed by atoms with Crippen molar-refractivity contribution in [3.8, 4) is 0 Å². The summed E-state index contributed by atoms with van der Waals surface area (Å²) in [6, 6.07) is 0. The minimum absolute atomic E-state index is 0.0596. The van der Waals surface area contributed by atoms with Crippen molar-refractivity contribution in [2.24, 2.45) is 0 Å². The molecule has 2 aromatic heterocycles. The number of rotatable bonds is 4. The molecule has 0 saturated heterocycles. The van der Waals surface area contributed by atoms with E-state index >= 15 is 0 Å². The fourth-order valence-electron chi connectivity index (χ4n) is 1.14. The standard InChI is InChI=1S/C8H9N5O2S/c1-13(2-6-9-4-10-12-6)8-11-5(3-16-8)7(14)15/h3-4H,2H2,1H3,(H,14,15)(H,9,10,12). The highest BCUT2D eigenvalue weighted by atomic mass is 32.1. The first-order valence-corrected chi connectivity index (χ1v) is 5.29. The number of nitrogens with one attached hydrogen (secondary N) is 1. The van der Waals surface area contributed by atoms with Gasteiger partial charge in [-0.1, -0.05) is 0 Å². The van der Waals surface area contributed by atoms with Gasteiger partial charge in [-0.3, -0.25) is 5.10 Å². The Hall–Kier alpha value is -1.96. The van der Waals surface area contributed by atoms with Crippen LogP contribution >= 0.6 is 11.3 Å². The number of carboxylic acid groups (broad SMARTS) is 1. The Labute approximate surface area is 94.8 Å². The number of aromatic nitrogens is 4. The number of aromatic amines is 1. The van der Waals surface area contributed by atoms with E-state index < -0.39 is 5.97 Å². The lowest BCUT2D eigenvalue weighted by molar-refractivity contribution is 0.0691. The summed E-state index contributed by atoms with van der Waals surface area (Å²) in [5, 5.41) is 17.3. The van der Waals surface area contributed by atoms with E-state index in [1.807, 2.05) is 7.05 Å². The first-order chi connectivity index (χ1) is 7.66. The van der Waals surface area contributed by atoms with Crippen LogP contribution in [-0.2, 0) is 6.54 Å². The highest BCUT2D eigenvalue weighted by Crippen LogP contribution is 2.20. The maximum Gasteiger partial charge on any atom is 0.355 e. The fourth-order valence-corrected chi connectivity index (χ4v) is 1.90. The average Bonchev–Trinajstić information content (AvgIpc) is 2.86. The summed E-state index contributed by atoms with van der Waals surface area (Å²) in [5.41, 5.74) is 0.0596. The molecule has 0 aromatic carbocycles. The number of H-pyrrole nitrogens is 1. The van der Waals surface area contributed by atoms with E-state index in [1.165, 1.54) is 23.0 Å². The number of carbonyl (C=O) groups is 1. The van der Waals surface area contributed by atoms with Gasteiger partial charge >= 0.3 is 5.97 Å². The molecular formula is C8H9N5O2S. The molecule has 0 spiro atoms.